The van der Waals surface area contributed by atoms with Crippen LogP contribution in [0.2, 0.25) is 0 Å². The molecule has 1 aliphatic carbocycles. The smallest absolute Gasteiger partial charge is 0.229 e. The predicted molar refractivity (Wildman–Crippen MR) is 197 cm³/mol. The molecule has 0 saturated heterocycles. The number of hydrogen-bond donors (Lipinski definition) is 6. The first-order chi connectivity index (χ1) is 23.1. The van der Waals surface area contributed by atoms with Crippen molar-refractivity contribution in [3.05, 3.63) is 119 Å². The highest BCUT2D eigenvalue weighted by atomic mass is 32.3. The van der Waals surface area contributed by atoms with Crippen molar-refractivity contribution < 1.29 is 27.4 Å². The Morgan fingerprint density at radius 1 is 0.898 bits per heavy atom. The monoisotopic (exact) mass is 700 g/mol. The van der Waals surface area contributed by atoms with Crippen LogP contribution in [-0.2, 0) is 26.9 Å². The van der Waals surface area contributed by atoms with Gasteiger partial charge in [0.25, 0.3) is 0 Å². The third-order valence-electron chi connectivity index (χ3n) is 8.69. The lowest BCUT2D eigenvalue weighted by Crippen LogP contribution is -2.53. The second-order valence-electron chi connectivity index (χ2n) is 13.6. The van der Waals surface area contributed by atoms with Crippen molar-refractivity contribution in [1.29, 1.82) is 0 Å². The molecule has 0 amide bonds. The molecule has 1 unspecified atom stereocenters. The summed E-state index contributed by atoms with van der Waals surface area (Å²) in [5.74, 6) is -0.988. The van der Waals surface area contributed by atoms with Crippen LogP contribution in [0.4, 0.5) is 11.4 Å². The minimum atomic E-state index is -3.93. The van der Waals surface area contributed by atoms with Crippen LogP contribution in [0, 0.1) is 5.41 Å². The Balaban J connectivity index is 1.41. The van der Waals surface area contributed by atoms with E-state index < -0.39 is 32.1 Å². The van der Waals surface area contributed by atoms with E-state index in [9.17, 15) is 27.4 Å². The zero-order valence-electron chi connectivity index (χ0n) is 27.7. The molecule has 4 aromatic carbocycles. The fraction of sp³-hybridized carbons (Fsp3) is 0.243. The van der Waals surface area contributed by atoms with Gasteiger partial charge in [-0.2, -0.15) is 0 Å². The first-order valence-corrected chi connectivity index (χ1v) is 19.2. The maximum absolute atomic E-state index is 15.0. The van der Waals surface area contributed by atoms with Crippen molar-refractivity contribution >= 4 is 49.6 Å². The normalized spacial score (nSPS) is 19.3. The van der Waals surface area contributed by atoms with E-state index in [-0.39, 0.29) is 38.9 Å². The number of benzene rings is 4. The lowest BCUT2D eigenvalue weighted by molar-refractivity contribution is -0.122. The number of nitrogens with one attached hydrogen (secondary N) is 3. The van der Waals surface area contributed by atoms with Gasteiger partial charge in [-0.05, 0) is 58.7 Å². The number of aliphatic hydroxyl groups excluding tert-OH is 1. The highest BCUT2D eigenvalue weighted by molar-refractivity contribution is 8.23. The minimum absolute atomic E-state index is 0.0512. The van der Waals surface area contributed by atoms with Crippen LogP contribution >= 0.6 is 10.8 Å². The summed E-state index contributed by atoms with van der Waals surface area (Å²) < 4.78 is 52.5. The van der Waals surface area contributed by atoms with Crippen LogP contribution in [0.1, 0.15) is 50.3 Å². The number of anilines is 2. The van der Waals surface area contributed by atoms with Gasteiger partial charge in [-0.3, -0.25) is 23.9 Å². The summed E-state index contributed by atoms with van der Waals surface area (Å²) in [5, 5.41) is 18.3. The average Bonchev–Trinajstić information content (AvgIpc) is 3.04. The highest BCUT2D eigenvalue weighted by Gasteiger charge is 2.49. The van der Waals surface area contributed by atoms with Crippen LogP contribution < -0.4 is 15.4 Å². The maximum atomic E-state index is 15.0. The summed E-state index contributed by atoms with van der Waals surface area (Å²) in [6, 6.07) is 29.6. The molecule has 0 aromatic heterocycles. The molecule has 2 aliphatic rings. The molecular formula is C37H40N4O6S2. The molecule has 6 N–H and O–H groups in total. The van der Waals surface area contributed by atoms with E-state index >= 15 is 0 Å². The lowest BCUT2D eigenvalue weighted by Gasteiger charge is -2.42. The van der Waals surface area contributed by atoms with Crippen LogP contribution in [0.3, 0.4) is 0 Å². The van der Waals surface area contributed by atoms with Gasteiger partial charge in [-0.1, -0.05) is 110 Å². The van der Waals surface area contributed by atoms with Crippen molar-refractivity contribution in [1.82, 2.24) is 5.32 Å². The molecule has 1 aliphatic heterocycles. The molecule has 0 bridgehead atoms. The minimum Gasteiger partial charge on any atom is -0.506 e. The van der Waals surface area contributed by atoms with E-state index in [2.05, 4.69) is 40.5 Å². The SMILES string of the molecule is CC(C)(C)CCC1(NCc2ccc(-c3ccccc3)cc2)C(=O)C(C2=NS(O)(O)c3cc(NS(C)(=O)=O)ccc3N2)=C(O)c2ccccc21. The van der Waals surface area contributed by atoms with Crippen LogP contribution in [0.15, 0.2) is 112 Å². The van der Waals surface area contributed by atoms with Gasteiger partial charge in [-0.25, -0.2) is 8.42 Å². The highest BCUT2D eigenvalue weighted by Crippen LogP contribution is 2.57. The standard InChI is InChI=1S/C37H40N4O6S2/c1-36(2,3)20-21-37(38-23-24-14-16-26(17-15-24)25-10-6-5-7-11-25)29-13-9-8-12-28(29)33(42)32(34(37)43)35-39-30-19-18-27(40-48(4,44)45)22-31(30)49(46,47)41-35/h5-19,22,38,40,42,46-47H,20-21,23H2,1-4H3,(H,39,41). The predicted octanol–water partition coefficient (Wildman–Crippen LogP) is 7.94. The van der Waals surface area contributed by atoms with E-state index in [1.807, 2.05) is 66.7 Å². The number of ketones is 1. The molecule has 49 heavy (non-hydrogen) atoms. The molecule has 1 heterocycles. The third-order valence-corrected chi connectivity index (χ3v) is 10.7. The van der Waals surface area contributed by atoms with Crippen molar-refractivity contribution in [2.24, 2.45) is 9.81 Å². The lowest BCUT2D eigenvalue weighted by atomic mass is 9.69. The Morgan fingerprint density at radius 2 is 1.55 bits per heavy atom. The van der Waals surface area contributed by atoms with E-state index in [1.54, 1.807) is 12.1 Å². The van der Waals surface area contributed by atoms with Gasteiger partial charge in [0.15, 0.2) is 11.6 Å². The molecule has 10 nitrogen and oxygen atoms in total. The van der Waals surface area contributed by atoms with Crippen molar-refractivity contribution in [3.63, 3.8) is 0 Å². The number of aliphatic hydroxyl groups is 1. The number of Topliss-reactive ketones (excluding diaryl/α,β-unsaturated/α-hetero) is 1. The number of hydrogen-bond acceptors (Lipinski definition) is 9. The van der Waals surface area contributed by atoms with Crippen molar-refractivity contribution in [2.45, 2.75) is 50.6 Å². The van der Waals surface area contributed by atoms with Gasteiger partial charge < -0.3 is 10.4 Å². The summed E-state index contributed by atoms with van der Waals surface area (Å²) in [4.78, 5) is 14.9. The molecule has 0 saturated carbocycles. The quantitative estimate of drug-likeness (QED) is 0.103. The molecule has 0 radical (unpaired) electrons. The van der Waals surface area contributed by atoms with Gasteiger partial charge in [0.1, 0.15) is 21.8 Å². The summed E-state index contributed by atoms with van der Waals surface area (Å²) in [6.07, 6.45) is 2.02. The van der Waals surface area contributed by atoms with Crippen LogP contribution in [0.25, 0.3) is 16.9 Å². The largest absolute Gasteiger partial charge is 0.506 e. The van der Waals surface area contributed by atoms with Crippen molar-refractivity contribution in [3.8, 4) is 11.1 Å². The number of carbonyl (C=O) groups is 1. The summed E-state index contributed by atoms with van der Waals surface area (Å²) in [5.41, 5.74) is 2.87. The third kappa shape index (κ3) is 7.15. The summed E-state index contributed by atoms with van der Waals surface area (Å²) in [6.45, 7) is 6.63. The Hall–Kier alpha value is -4.46. The van der Waals surface area contributed by atoms with Crippen molar-refractivity contribution in [2.75, 3.05) is 16.3 Å². The number of fused-ring (bicyclic) bond motifs is 2. The van der Waals surface area contributed by atoms with Crippen LogP contribution in [0.5, 0.6) is 0 Å². The van der Waals surface area contributed by atoms with Gasteiger partial charge in [-0.15, -0.1) is 4.40 Å². The zero-order valence-corrected chi connectivity index (χ0v) is 29.3. The molecule has 256 valence electrons. The average molecular weight is 701 g/mol. The van der Waals surface area contributed by atoms with Gasteiger partial charge >= 0.3 is 0 Å². The topological polar surface area (TPSA) is 160 Å². The second-order valence-corrected chi connectivity index (χ2v) is 17.1. The molecule has 0 fully saturated rings. The maximum Gasteiger partial charge on any atom is 0.229 e. The summed E-state index contributed by atoms with van der Waals surface area (Å²) in [7, 11) is -7.56. The molecule has 0 spiro atoms. The molecule has 1 atom stereocenters. The second kappa shape index (κ2) is 12.8. The zero-order chi connectivity index (χ0) is 35.2. The van der Waals surface area contributed by atoms with E-state index in [4.69, 9.17) is 0 Å². The van der Waals surface area contributed by atoms with Gasteiger partial charge in [0.2, 0.25) is 10.0 Å². The Kier molecular flexibility index (Phi) is 8.97. The Labute approximate surface area is 288 Å². The molecule has 6 rings (SSSR count). The van der Waals surface area contributed by atoms with E-state index in [1.165, 1.54) is 18.2 Å². The first-order valence-electron chi connectivity index (χ1n) is 15.8. The molecule has 4 aromatic rings. The number of carbonyl (C=O) groups excluding carboxylic acids is 1. The van der Waals surface area contributed by atoms with Gasteiger partial charge in [0, 0.05) is 12.1 Å². The number of amidine groups is 1. The Bertz CT molecular complexity index is 2090. The molecule has 12 heteroatoms. The first kappa shape index (κ1) is 34.4. The number of sulfonamides is 1. The Morgan fingerprint density at radius 3 is 2.22 bits per heavy atom. The fourth-order valence-corrected chi connectivity index (χ4v) is 7.94. The fourth-order valence-electron chi connectivity index (χ4n) is 6.20. The summed E-state index contributed by atoms with van der Waals surface area (Å²) >= 11 is 0. The number of rotatable bonds is 9. The number of nitrogens with zero attached hydrogens (tertiary/aromatic N) is 1. The molecular weight excluding hydrogens is 661 g/mol. The van der Waals surface area contributed by atoms with Gasteiger partial charge in [0.05, 0.1) is 17.6 Å². The van der Waals surface area contributed by atoms with E-state index in [0.717, 1.165) is 22.9 Å². The van der Waals surface area contributed by atoms with Crippen LogP contribution in [-0.4, -0.2) is 40.5 Å². The van der Waals surface area contributed by atoms with E-state index in [0.29, 0.717) is 30.5 Å².